The Bertz CT molecular complexity index is 799. The first-order chi connectivity index (χ1) is 11.3. The van der Waals surface area contributed by atoms with E-state index in [9.17, 15) is 4.79 Å². The Balaban J connectivity index is 1.72. The molecule has 6 heteroatoms. The van der Waals surface area contributed by atoms with Crippen molar-refractivity contribution in [3.05, 3.63) is 60.0 Å². The molecule has 6 nitrogen and oxygen atoms in total. The zero-order chi connectivity index (χ0) is 16.1. The number of nitrogens with zero attached hydrogens (tertiary/aromatic N) is 2. The van der Waals surface area contributed by atoms with Crippen LogP contribution in [0.2, 0.25) is 0 Å². The first-order valence-corrected chi connectivity index (χ1v) is 6.94. The Kier molecular flexibility index (Phi) is 4.33. The highest BCUT2D eigenvalue weighted by molar-refractivity contribution is 5.80. The average molecular weight is 310 g/mol. The molecule has 0 saturated heterocycles. The second-order valence-electron chi connectivity index (χ2n) is 4.69. The smallest absolute Gasteiger partial charge is 0.264 e. The highest BCUT2D eigenvalue weighted by atomic mass is 16.5. The maximum atomic E-state index is 11.1. The largest absolute Gasteiger partial charge is 0.497 e. The fourth-order valence-electron chi connectivity index (χ4n) is 2.03. The van der Waals surface area contributed by atoms with Crippen molar-refractivity contribution >= 4 is 6.29 Å². The number of carbonyl (C=O) groups is 1. The van der Waals surface area contributed by atoms with E-state index in [4.69, 9.17) is 14.0 Å². The summed E-state index contributed by atoms with van der Waals surface area (Å²) in [6.45, 7) is 0.0764. The molecular formula is C17H14N2O4. The molecule has 0 radical (unpaired) electrons. The SMILES string of the molecule is COc1ccc(OCc2nc(-c3ccccc3)no2)c(C=O)c1. The Hall–Kier alpha value is -3.15. The summed E-state index contributed by atoms with van der Waals surface area (Å²) in [5.74, 6) is 1.84. The van der Waals surface area contributed by atoms with Crippen molar-refractivity contribution < 1.29 is 18.8 Å². The predicted octanol–water partition coefficient (Wildman–Crippen LogP) is 3.14. The first-order valence-electron chi connectivity index (χ1n) is 6.94. The third kappa shape index (κ3) is 3.37. The van der Waals surface area contributed by atoms with Crippen LogP contribution in [-0.2, 0) is 6.61 Å². The maximum Gasteiger partial charge on any atom is 0.264 e. The van der Waals surface area contributed by atoms with E-state index >= 15 is 0 Å². The van der Waals surface area contributed by atoms with Crippen molar-refractivity contribution in [1.82, 2.24) is 10.1 Å². The van der Waals surface area contributed by atoms with Crippen LogP contribution in [0.3, 0.4) is 0 Å². The van der Waals surface area contributed by atoms with Gasteiger partial charge in [0.1, 0.15) is 11.5 Å². The lowest BCUT2D eigenvalue weighted by Gasteiger charge is -2.07. The molecule has 1 aromatic heterocycles. The molecule has 3 aromatic rings. The standard InChI is InChI=1S/C17H14N2O4/c1-21-14-7-8-15(13(9-14)10-20)22-11-16-18-17(19-23-16)12-5-3-2-4-6-12/h2-10H,11H2,1H3. The molecule has 23 heavy (non-hydrogen) atoms. The van der Waals surface area contributed by atoms with Crippen LogP contribution >= 0.6 is 0 Å². The summed E-state index contributed by atoms with van der Waals surface area (Å²) >= 11 is 0. The topological polar surface area (TPSA) is 74.5 Å². The molecule has 0 spiro atoms. The summed E-state index contributed by atoms with van der Waals surface area (Å²) in [6, 6.07) is 14.5. The molecule has 0 aliphatic heterocycles. The molecule has 0 amide bonds. The number of aromatic nitrogens is 2. The summed E-state index contributed by atoms with van der Waals surface area (Å²) in [7, 11) is 1.54. The number of ether oxygens (including phenoxy) is 2. The van der Waals surface area contributed by atoms with Gasteiger partial charge in [-0.1, -0.05) is 35.5 Å². The highest BCUT2D eigenvalue weighted by Crippen LogP contribution is 2.23. The van der Waals surface area contributed by atoms with Crippen molar-refractivity contribution in [3.63, 3.8) is 0 Å². The Morgan fingerprint density at radius 2 is 2.00 bits per heavy atom. The minimum absolute atomic E-state index is 0.0764. The number of hydrogen-bond acceptors (Lipinski definition) is 6. The second kappa shape index (κ2) is 6.74. The second-order valence-corrected chi connectivity index (χ2v) is 4.69. The van der Waals surface area contributed by atoms with Gasteiger partial charge in [0.05, 0.1) is 12.7 Å². The summed E-state index contributed by atoms with van der Waals surface area (Å²) in [5, 5.41) is 3.91. The molecule has 0 aliphatic carbocycles. The van der Waals surface area contributed by atoms with Gasteiger partial charge >= 0.3 is 0 Å². The molecule has 3 rings (SSSR count). The van der Waals surface area contributed by atoms with Gasteiger partial charge in [-0.3, -0.25) is 4.79 Å². The van der Waals surface area contributed by atoms with Crippen molar-refractivity contribution in [2.45, 2.75) is 6.61 Å². The molecule has 0 aliphatic rings. The Labute approximate surface area is 132 Å². The van der Waals surface area contributed by atoms with Crippen molar-refractivity contribution in [2.24, 2.45) is 0 Å². The molecule has 0 fully saturated rings. The van der Waals surface area contributed by atoms with E-state index in [-0.39, 0.29) is 6.61 Å². The first kappa shape index (κ1) is 14.8. The van der Waals surface area contributed by atoms with E-state index < -0.39 is 0 Å². The third-order valence-electron chi connectivity index (χ3n) is 3.20. The number of aldehydes is 1. The van der Waals surface area contributed by atoms with Crippen molar-refractivity contribution in [3.8, 4) is 22.9 Å². The highest BCUT2D eigenvalue weighted by Gasteiger charge is 2.11. The summed E-state index contributed by atoms with van der Waals surface area (Å²) in [5.41, 5.74) is 1.26. The van der Waals surface area contributed by atoms with Crippen LogP contribution in [0.5, 0.6) is 11.5 Å². The van der Waals surface area contributed by atoms with Gasteiger partial charge in [0.2, 0.25) is 5.82 Å². The monoisotopic (exact) mass is 310 g/mol. The van der Waals surface area contributed by atoms with Crippen LogP contribution in [0.1, 0.15) is 16.2 Å². The van der Waals surface area contributed by atoms with E-state index in [1.165, 1.54) is 7.11 Å². The normalized spacial score (nSPS) is 10.3. The molecule has 0 atom stereocenters. The minimum Gasteiger partial charge on any atom is -0.497 e. The lowest BCUT2D eigenvalue weighted by molar-refractivity contribution is 0.111. The van der Waals surface area contributed by atoms with Crippen LogP contribution in [-0.4, -0.2) is 23.5 Å². The summed E-state index contributed by atoms with van der Waals surface area (Å²) in [6.07, 6.45) is 0.709. The number of methoxy groups -OCH3 is 1. The van der Waals surface area contributed by atoms with Crippen LogP contribution < -0.4 is 9.47 Å². The summed E-state index contributed by atoms with van der Waals surface area (Å²) in [4.78, 5) is 15.4. The van der Waals surface area contributed by atoms with E-state index in [0.717, 1.165) is 5.56 Å². The van der Waals surface area contributed by atoms with Gasteiger partial charge in [0.15, 0.2) is 12.9 Å². The van der Waals surface area contributed by atoms with Crippen LogP contribution in [0.25, 0.3) is 11.4 Å². The van der Waals surface area contributed by atoms with Gasteiger partial charge in [-0.25, -0.2) is 0 Å². The Morgan fingerprint density at radius 3 is 2.74 bits per heavy atom. The van der Waals surface area contributed by atoms with Gasteiger partial charge < -0.3 is 14.0 Å². The van der Waals surface area contributed by atoms with Gasteiger partial charge in [0, 0.05) is 5.56 Å². The van der Waals surface area contributed by atoms with Crippen molar-refractivity contribution in [2.75, 3.05) is 7.11 Å². The molecule has 116 valence electrons. The quantitative estimate of drug-likeness (QED) is 0.651. The summed E-state index contributed by atoms with van der Waals surface area (Å²) < 4.78 is 15.8. The van der Waals surface area contributed by atoms with Crippen LogP contribution in [0, 0.1) is 0 Å². The van der Waals surface area contributed by atoms with E-state index in [2.05, 4.69) is 10.1 Å². The fourth-order valence-corrected chi connectivity index (χ4v) is 2.03. The fraction of sp³-hybridized carbons (Fsp3) is 0.118. The lowest BCUT2D eigenvalue weighted by Crippen LogP contribution is -1.99. The molecule has 0 unspecified atom stereocenters. The molecule has 2 aromatic carbocycles. The number of hydrogen-bond donors (Lipinski definition) is 0. The zero-order valence-electron chi connectivity index (χ0n) is 12.4. The third-order valence-corrected chi connectivity index (χ3v) is 3.20. The van der Waals surface area contributed by atoms with Gasteiger partial charge in [-0.05, 0) is 18.2 Å². The van der Waals surface area contributed by atoms with E-state index in [0.29, 0.717) is 35.1 Å². The number of rotatable bonds is 6. The average Bonchev–Trinajstić information content (AvgIpc) is 3.09. The van der Waals surface area contributed by atoms with Crippen molar-refractivity contribution in [1.29, 1.82) is 0 Å². The van der Waals surface area contributed by atoms with Crippen LogP contribution in [0.4, 0.5) is 0 Å². The van der Waals surface area contributed by atoms with E-state index in [1.54, 1.807) is 18.2 Å². The molecule has 0 N–H and O–H groups in total. The van der Waals surface area contributed by atoms with Gasteiger partial charge in [-0.2, -0.15) is 4.98 Å². The Morgan fingerprint density at radius 1 is 1.17 bits per heavy atom. The number of carbonyl (C=O) groups excluding carboxylic acids is 1. The predicted molar refractivity (Wildman–Crippen MR) is 82.4 cm³/mol. The molecule has 0 saturated carbocycles. The molecular weight excluding hydrogens is 296 g/mol. The van der Waals surface area contributed by atoms with Crippen LogP contribution in [0.15, 0.2) is 53.1 Å². The maximum absolute atomic E-state index is 11.1. The lowest BCUT2D eigenvalue weighted by atomic mass is 10.2. The van der Waals surface area contributed by atoms with Gasteiger partial charge in [-0.15, -0.1) is 0 Å². The molecule has 0 bridgehead atoms. The minimum atomic E-state index is 0.0764. The molecule has 1 heterocycles. The van der Waals surface area contributed by atoms with Gasteiger partial charge in [0.25, 0.3) is 5.89 Å². The van der Waals surface area contributed by atoms with E-state index in [1.807, 2.05) is 30.3 Å². The number of benzene rings is 2. The zero-order valence-corrected chi connectivity index (χ0v) is 12.4.